The van der Waals surface area contributed by atoms with Crippen LogP contribution in [-0.4, -0.2) is 38.3 Å². The van der Waals surface area contributed by atoms with Crippen molar-refractivity contribution < 1.29 is 28.6 Å². The second kappa shape index (κ2) is 10.7. The number of benzene rings is 2. The lowest BCUT2D eigenvalue weighted by Gasteiger charge is -2.29. The summed E-state index contributed by atoms with van der Waals surface area (Å²) in [6.07, 6.45) is -0.0458. The minimum absolute atomic E-state index is 0.0458. The maximum atomic E-state index is 12.7. The standard InChI is InChI=1S/C23H23ClN2O6/c1-3-31-22(28)20-18(13-32-19(27)12-15-6-4-5-7-17(15)24)25-23(29)26-21(20)14-8-10-16(30-2)11-9-14/h4-11,21H,3,12-13H2,1-2H3,(H2,25,26,29). The van der Waals surface area contributed by atoms with E-state index >= 15 is 0 Å². The fraction of sp³-hybridized carbons (Fsp3) is 0.261. The predicted molar refractivity (Wildman–Crippen MR) is 117 cm³/mol. The Kier molecular flexibility index (Phi) is 7.72. The van der Waals surface area contributed by atoms with E-state index in [1.54, 1.807) is 62.6 Å². The van der Waals surface area contributed by atoms with Gasteiger partial charge in [0.15, 0.2) is 0 Å². The first kappa shape index (κ1) is 23.1. The Morgan fingerprint density at radius 2 is 1.78 bits per heavy atom. The molecule has 2 aromatic rings. The van der Waals surface area contributed by atoms with Crippen molar-refractivity contribution in [1.82, 2.24) is 10.6 Å². The average molecular weight is 459 g/mol. The fourth-order valence-corrected chi connectivity index (χ4v) is 3.43. The number of hydrogen-bond acceptors (Lipinski definition) is 6. The van der Waals surface area contributed by atoms with Gasteiger partial charge in [0.05, 0.1) is 37.4 Å². The van der Waals surface area contributed by atoms with E-state index in [0.29, 0.717) is 21.9 Å². The molecule has 168 valence electrons. The average Bonchev–Trinajstić information content (AvgIpc) is 2.79. The van der Waals surface area contributed by atoms with Crippen molar-refractivity contribution in [2.45, 2.75) is 19.4 Å². The molecular weight excluding hydrogens is 436 g/mol. The van der Waals surface area contributed by atoms with Crippen molar-refractivity contribution in [3.8, 4) is 5.75 Å². The quantitative estimate of drug-likeness (QED) is 0.588. The van der Waals surface area contributed by atoms with Crippen molar-refractivity contribution in [3.63, 3.8) is 0 Å². The summed E-state index contributed by atoms with van der Waals surface area (Å²) in [7, 11) is 1.54. The summed E-state index contributed by atoms with van der Waals surface area (Å²) in [4.78, 5) is 37.4. The van der Waals surface area contributed by atoms with E-state index in [1.807, 2.05) is 0 Å². The Morgan fingerprint density at radius 3 is 2.44 bits per heavy atom. The maximum Gasteiger partial charge on any atom is 0.338 e. The Hall–Kier alpha value is -3.52. The van der Waals surface area contributed by atoms with E-state index < -0.39 is 24.0 Å². The van der Waals surface area contributed by atoms with E-state index in [2.05, 4.69) is 10.6 Å². The third-order valence-corrected chi connectivity index (χ3v) is 5.14. The van der Waals surface area contributed by atoms with Crippen molar-refractivity contribution >= 4 is 29.6 Å². The van der Waals surface area contributed by atoms with Crippen LogP contribution < -0.4 is 15.4 Å². The van der Waals surface area contributed by atoms with E-state index in [9.17, 15) is 14.4 Å². The Balaban J connectivity index is 1.85. The van der Waals surface area contributed by atoms with E-state index in [1.165, 1.54) is 0 Å². The van der Waals surface area contributed by atoms with Crippen LogP contribution in [0.15, 0.2) is 59.8 Å². The number of amides is 2. The van der Waals surface area contributed by atoms with Gasteiger partial charge in [0.2, 0.25) is 0 Å². The molecule has 1 heterocycles. The van der Waals surface area contributed by atoms with Crippen LogP contribution in [0.3, 0.4) is 0 Å². The Bertz CT molecular complexity index is 1040. The number of carbonyl (C=O) groups excluding carboxylic acids is 3. The number of hydrogen-bond donors (Lipinski definition) is 2. The van der Waals surface area contributed by atoms with Gasteiger partial charge < -0.3 is 24.8 Å². The van der Waals surface area contributed by atoms with Crippen LogP contribution in [0.2, 0.25) is 5.02 Å². The first-order valence-electron chi connectivity index (χ1n) is 9.93. The molecule has 9 heteroatoms. The summed E-state index contributed by atoms with van der Waals surface area (Å²) in [6, 6.07) is 12.5. The monoisotopic (exact) mass is 458 g/mol. The van der Waals surface area contributed by atoms with Crippen LogP contribution in [-0.2, 0) is 25.5 Å². The van der Waals surface area contributed by atoms with Gasteiger partial charge in [-0.1, -0.05) is 41.9 Å². The highest BCUT2D eigenvalue weighted by Crippen LogP contribution is 2.29. The van der Waals surface area contributed by atoms with Gasteiger partial charge in [0.1, 0.15) is 12.4 Å². The normalized spacial score (nSPS) is 15.5. The molecule has 1 atom stereocenters. The molecule has 2 N–H and O–H groups in total. The highest BCUT2D eigenvalue weighted by molar-refractivity contribution is 6.31. The number of halogens is 1. The molecule has 2 amide bonds. The molecule has 0 aromatic heterocycles. The lowest BCUT2D eigenvalue weighted by molar-refractivity contribution is -0.143. The molecule has 0 saturated heterocycles. The maximum absolute atomic E-state index is 12.7. The van der Waals surface area contributed by atoms with Gasteiger partial charge >= 0.3 is 18.0 Å². The second-order valence-electron chi connectivity index (χ2n) is 6.85. The van der Waals surface area contributed by atoms with Gasteiger partial charge in [-0.15, -0.1) is 0 Å². The molecule has 0 bridgehead atoms. The molecule has 0 radical (unpaired) electrons. The van der Waals surface area contributed by atoms with Gasteiger partial charge in [-0.05, 0) is 36.2 Å². The molecule has 1 aliphatic heterocycles. The third-order valence-electron chi connectivity index (χ3n) is 4.77. The molecule has 8 nitrogen and oxygen atoms in total. The lowest BCUT2D eigenvalue weighted by Crippen LogP contribution is -2.47. The molecule has 32 heavy (non-hydrogen) atoms. The lowest BCUT2D eigenvalue weighted by atomic mass is 9.95. The van der Waals surface area contributed by atoms with E-state index in [0.717, 1.165) is 0 Å². The fourth-order valence-electron chi connectivity index (χ4n) is 3.23. The van der Waals surface area contributed by atoms with Crippen molar-refractivity contribution in [2.75, 3.05) is 20.3 Å². The summed E-state index contributed by atoms with van der Waals surface area (Å²) in [5.74, 6) is -0.551. The molecule has 3 rings (SSSR count). The number of ether oxygens (including phenoxy) is 3. The van der Waals surface area contributed by atoms with Gasteiger partial charge in [-0.3, -0.25) is 4.79 Å². The van der Waals surface area contributed by atoms with Crippen molar-refractivity contribution in [2.24, 2.45) is 0 Å². The van der Waals surface area contributed by atoms with Crippen molar-refractivity contribution in [1.29, 1.82) is 0 Å². The zero-order chi connectivity index (χ0) is 23.1. The van der Waals surface area contributed by atoms with Crippen LogP contribution in [0.4, 0.5) is 4.79 Å². The van der Waals surface area contributed by atoms with Gasteiger partial charge in [0, 0.05) is 5.02 Å². The number of esters is 2. The zero-order valence-corrected chi connectivity index (χ0v) is 18.4. The molecule has 1 unspecified atom stereocenters. The number of carbonyl (C=O) groups is 3. The molecule has 0 aliphatic carbocycles. The largest absolute Gasteiger partial charge is 0.497 e. The van der Waals surface area contributed by atoms with Crippen molar-refractivity contribution in [3.05, 3.63) is 76.0 Å². The van der Waals surface area contributed by atoms with E-state index in [-0.39, 0.29) is 30.9 Å². The summed E-state index contributed by atoms with van der Waals surface area (Å²) in [5.41, 5.74) is 1.57. The van der Waals surface area contributed by atoms with Gasteiger partial charge in [0.25, 0.3) is 0 Å². The second-order valence-corrected chi connectivity index (χ2v) is 7.25. The highest BCUT2D eigenvalue weighted by atomic mass is 35.5. The summed E-state index contributed by atoms with van der Waals surface area (Å²) >= 11 is 6.09. The minimum Gasteiger partial charge on any atom is -0.497 e. The van der Waals surface area contributed by atoms with Crippen LogP contribution in [0.25, 0.3) is 0 Å². The summed E-state index contributed by atoms with van der Waals surface area (Å²) < 4.78 is 15.7. The van der Waals surface area contributed by atoms with E-state index in [4.69, 9.17) is 25.8 Å². The SMILES string of the molecule is CCOC(=O)C1=C(COC(=O)Cc2ccccc2Cl)NC(=O)NC1c1ccc(OC)cc1. The topological polar surface area (TPSA) is 103 Å². The zero-order valence-electron chi connectivity index (χ0n) is 17.6. The molecule has 0 saturated carbocycles. The van der Waals surface area contributed by atoms with Crippen LogP contribution >= 0.6 is 11.6 Å². The van der Waals surface area contributed by atoms with Gasteiger partial charge in [-0.25, -0.2) is 9.59 Å². The molecule has 1 aliphatic rings. The Labute approximate surface area is 190 Å². The minimum atomic E-state index is -0.786. The van der Waals surface area contributed by atoms with Crippen LogP contribution in [0.1, 0.15) is 24.1 Å². The number of nitrogens with one attached hydrogen (secondary N) is 2. The Morgan fingerprint density at radius 1 is 1.06 bits per heavy atom. The van der Waals surface area contributed by atoms with Crippen LogP contribution in [0, 0.1) is 0 Å². The first-order chi connectivity index (χ1) is 15.4. The molecule has 0 fully saturated rings. The number of methoxy groups -OCH3 is 1. The molecular formula is C23H23ClN2O6. The van der Waals surface area contributed by atoms with Crippen LogP contribution in [0.5, 0.6) is 5.75 Å². The number of urea groups is 1. The third kappa shape index (κ3) is 5.59. The predicted octanol–water partition coefficient (Wildman–Crippen LogP) is 3.31. The molecule has 0 spiro atoms. The molecule has 2 aromatic carbocycles. The first-order valence-corrected chi connectivity index (χ1v) is 10.3. The smallest absolute Gasteiger partial charge is 0.338 e. The van der Waals surface area contributed by atoms with Gasteiger partial charge in [-0.2, -0.15) is 0 Å². The summed E-state index contributed by atoms with van der Waals surface area (Å²) in [5, 5.41) is 5.73. The summed E-state index contributed by atoms with van der Waals surface area (Å²) in [6.45, 7) is 1.52. The highest BCUT2D eigenvalue weighted by Gasteiger charge is 2.34. The number of rotatable bonds is 8.